The third kappa shape index (κ3) is 5.84. The van der Waals surface area contributed by atoms with Gasteiger partial charge in [-0.15, -0.1) is 11.3 Å². The number of ether oxygens (including phenoxy) is 1. The third-order valence-electron chi connectivity index (χ3n) is 3.17. The molecule has 0 fully saturated rings. The number of aromatic carboxylic acids is 1. The van der Waals surface area contributed by atoms with Crippen molar-refractivity contribution in [3.63, 3.8) is 0 Å². The highest BCUT2D eigenvalue weighted by Crippen LogP contribution is 2.16. The molecule has 0 saturated heterocycles. The van der Waals surface area contributed by atoms with E-state index >= 15 is 0 Å². The number of carboxylic acid groups (broad SMARTS) is 1. The number of carbonyl (C=O) groups is 2. The van der Waals surface area contributed by atoms with E-state index in [-0.39, 0.29) is 10.8 Å². The monoisotopic (exact) mass is 333 g/mol. The molecule has 2 aromatic rings. The number of carboxylic acids is 1. The van der Waals surface area contributed by atoms with Gasteiger partial charge in [0.25, 0.3) is 5.91 Å². The quantitative estimate of drug-likeness (QED) is 0.692. The molecule has 0 atom stereocenters. The molecule has 1 aromatic heterocycles. The van der Waals surface area contributed by atoms with Crippen LogP contribution in [0.3, 0.4) is 0 Å². The molecule has 122 valence electrons. The summed E-state index contributed by atoms with van der Waals surface area (Å²) in [5.74, 6) is -1.26. The van der Waals surface area contributed by atoms with Crippen LogP contribution in [0.1, 0.15) is 31.3 Å². The molecule has 0 aliphatic heterocycles. The minimum atomic E-state index is -1.01. The minimum Gasteiger partial charge on any atom is -0.477 e. The highest BCUT2D eigenvalue weighted by atomic mass is 32.1. The van der Waals surface area contributed by atoms with Gasteiger partial charge in [-0.1, -0.05) is 30.3 Å². The number of hydrogen-bond donors (Lipinski definition) is 2. The first-order chi connectivity index (χ1) is 11.2. The van der Waals surface area contributed by atoms with Gasteiger partial charge in [0.2, 0.25) is 0 Å². The van der Waals surface area contributed by atoms with Crippen molar-refractivity contribution < 1.29 is 19.4 Å². The Morgan fingerprint density at radius 2 is 1.78 bits per heavy atom. The second-order valence-electron chi connectivity index (χ2n) is 4.93. The van der Waals surface area contributed by atoms with Gasteiger partial charge in [-0.2, -0.15) is 0 Å². The Balaban J connectivity index is 1.56. The molecule has 2 N–H and O–H groups in total. The highest BCUT2D eigenvalue weighted by Gasteiger charge is 2.12. The summed E-state index contributed by atoms with van der Waals surface area (Å²) in [5.41, 5.74) is 1.24. The van der Waals surface area contributed by atoms with E-state index in [4.69, 9.17) is 9.84 Å². The Morgan fingerprint density at radius 1 is 1.04 bits per heavy atom. The largest absolute Gasteiger partial charge is 0.477 e. The van der Waals surface area contributed by atoms with Gasteiger partial charge in [-0.05, 0) is 30.5 Å². The van der Waals surface area contributed by atoms with Crippen LogP contribution in [0.2, 0.25) is 0 Å². The van der Waals surface area contributed by atoms with E-state index in [2.05, 4.69) is 17.4 Å². The summed E-state index contributed by atoms with van der Waals surface area (Å²) < 4.78 is 5.53. The van der Waals surface area contributed by atoms with E-state index in [0.29, 0.717) is 24.6 Å². The van der Waals surface area contributed by atoms with E-state index in [1.165, 1.54) is 17.7 Å². The summed E-state index contributed by atoms with van der Waals surface area (Å²) in [6.07, 6.45) is 1.60. The molecule has 2 rings (SSSR count). The van der Waals surface area contributed by atoms with Crippen LogP contribution >= 0.6 is 11.3 Å². The Labute approximate surface area is 138 Å². The number of amides is 1. The maximum absolute atomic E-state index is 11.8. The van der Waals surface area contributed by atoms with Gasteiger partial charge in [0.05, 0.1) is 11.5 Å². The van der Waals surface area contributed by atoms with Crippen molar-refractivity contribution in [3.05, 3.63) is 57.8 Å². The fourth-order valence-corrected chi connectivity index (χ4v) is 2.74. The predicted molar refractivity (Wildman–Crippen MR) is 89.2 cm³/mol. The molecular weight excluding hydrogens is 314 g/mol. The first-order valence-corrected chi connectivity index (χ1v) is 8.21. The fourth-order valence-electron chi connectivity index (χ4n) is 1.97. The number of nitrogens with one attached hydrogen (secondary N) is 1. The maximum Gasteiger partial charge on any atom is 0.345 e. The third-order valence-corrected chi connectivity index (χ3v) is 4.24. The summed E-state index contributed by atoms with van der Waals surface area (Å²) >= 11 is 0.976. The van der Waals surface area contributed by atoms with Crippen LogP contribution in [-0.4, -0.2) is 36.7 Å². The van der Waals surface area contributed by atoms with Gasteiger partial charge in [0.15, 0.2) is 0 Å². The first kappa shape index (κ1) is 17.2. The molecule has 0 spiro atoms. The normalized spacial score (nSPS) is 10.4. The van der Waals surface area contributed by atoms with Crippen molar-refractivity contribution in [3.8, 4) is 0 Å². The van der Waals surface area contributed by atoms with Crippen LogP contribution in [0.15, 0.2) is 42.5 Å². The highest BCUT2D eigenvalue weighted by molar-refractivity contribution is 7.15. The topological polar surface area (TPSA) is 75.6 Å². The molecule has 0 aliphatic carbocycles. The second-order valence-corrected chi connectivity index (χ2v) is 6.01. The lowest BCUT2D eigenvalue weighted by atomic mass is 10.2. The number of rotatable bonds is 9. The average Bonchev–Trinajstić information content (AvgIpc) is 3.05. The smallest absolute Gasteiger partial charge is 0.345 e. The molecule has 0 radical (unpaired) electrons. The van der Waals surface area contributed by atoms with E-state index < -0.39 is 5.97 Å². The summed E-state index contributed by atoms with van der Waals surface area (Å²) in [6.45, 7) is 1.74. The van der Waals surface area contributed by atoms with E-state index in [1.807, 2.05) is 18.2 Å². The van der Waals surface area contributed by atoms with Gasteiger partial charge in [0, 0.05) is 13.2 Å². The van der Waals surface area contributed by atoms with Crippen LogP contribution in [0, 0.1) is 0 Å². The predicted octanol–water partition coefficient (Wildman–Crippen LogP) is 2.83. The van der Waals surface area contributed by atoms with E-state index in [9.17, 15) is 9.59 Å². The standard InChI is InChI=1S/C17H19NO4S/c19-16(14-7-8-15(23-14)17(20)21)18-10-4-11-22-12-9-13-5-2-1-3-6-13/h1-3,5-8H,4,9-12H2,(H,18,19)(H,20,21). The SMILES string of the molecule is O=C(O)c1ccc(C(=O)NCCCOCCc2ccccc2)s1. The summed E-state index contributed by atoms with van der Waals surface area (Å²) in [6, 6.07) is 13.1. The second kappa shape index (κ2) is 9.07. The molecular formula is C17H19NO4S. The van der Waals surface area contributed by atoms with Crippen LogP contribution in [0.25, 0.3) is 0 Å². The molecule has 1 aromatic carbocycles. The van der Waals surface area contributed by atoms with Crippen LogP contribution in [0.4, 0.5) is 0 Å². The molecule has 0 saturated carbocycles. The number of benzene rings is 1. The summed E-state index contributed by atoms with van der Waals surface area (Å²) in [5, 5.41) is 11.6. The summed E-state index contributed by atoms with van der Waals surface area (Å²) in [7, 11) is 0. The zero-order valence-electron chi connectivity index (χ0n) is 12.7. The molecule has 23 heavy (non-hydrogen) atoms. The Kier molecular flexibility index (Phi) is 6.77. The van der Waals surface area contributed by atoms with Crippen molar-refractivity contribution in [1.29, 1.82) is 0 Å². The van der Waals surface area contributed by atoms with Gasteiger partial charge in [-0.25, -0.2) is 4.79 Å². The van der Waals surface area contributed by atoms with Crippen LogP contribution in [-0.2, 0) is 11.2 Å². The van der Waals surface area contributed by atoms with Gasteiger partial charge in [-0.3, -0.25) is 4.79 Å². The fraction of sp³-hybridized carbons (Fsp3) is 0.294. The lowest BCUT2D eigenvalue weighted by molar-refractivity contribution is 0.0702. The molecule has 1 amide bonds. The number of carbonyl (C=O) groups excluding carboxylic acids is 1. The number of hydrogen-bond acceptors (Lipinski definition) is 4. The molecule has 0 unspecified atom stereocenters. The van der Waals surface area contributed by atoms with Crippen molar-refractivity contribution in [2.24, 2.45) is 0 Å². The van der Waals surface area contributed by atoms with Crippen LogP contribution < -0.4 is 5.32 Å². The van der Waals surface area contributed by atoms with Crippen LogP contribution in [0.5, 0.6) is 0 Å². The van der Waals surface area contributed by atoms with E-state index in [1.54, 1.807) is 0 Å². The maximum atomic E-state index is 11.8. The zero-order valence-corrected chi connectivity index (χ0v) is 13.5. The van der Waals surface area contributed by atoms with E-state index in [0.717, 1.165) is 24.2 Å². The molecule has 6 heteroatoms. The van der Waals surface area contributed by atoms with Crippen molar-refractivity contribution >= 4 is 23.2 Å². The average molecular weight is 333 g/mol. The summed E-state index contributed by atoms with van der Waals surface area (Å²) in [4.78, 5) is 23.2. The lowest BCUT2D eigenvalue weighted by Gasteiger charge is -2.05. The molecule has 1 heterocycles. The minimum absolute atomic E-state index is 0.166. The lowest BCUT2D eigenvalue weighted by Crippen LogP contribution is -2.24. The van der Waals surface area contributed by atoms with Gasteiger partial charge in [0.1, 0.15) is 4.88 Å². The zero-order chi connectivity index (χ0) is 16.5. The van der Waals surface area contributed by atoms with Gasteiger partial charge < -0.3 is 15.2 Å². The Bertz CT molecular complexity index is 639. The Hall–Kier alpha value is -2.18. The van der Waals surface area contributed by atoms with Crippen molar-refractivity contribution in [1.82, 2.24) is 5.32 Å². The number of thiophene rings is 1. The molecule has 0 bridgehead atoms. The molecule has 0 aliphatic rings. The first-order valence-electron chi connectivity index (χ1n) is 7.40. The van der Waals surface area contributed by atoms with Crippen molar-refractivity contribution in [2.75, 3.05) is 19.8 Å². The van der Waals surface area contributed by atoms with Crippen molar-refractivity contribution in [2.45, 2.75) is 12.8 Å². The molecule has 5 nitrogen and oxygen atoms in total. The van der Waals surface area contributed by atoms with Gasteiger partial charge >= 0.3 is 5.97 Å². The Morgan fingerprint density at radius 3 is 2.48 bits per heavy atom.